The first-order valence-electron chi connectivity index (χ1n) is 7.29. The lowest BCUT2D eigenvalue weighted by Gasteiger charge is -2.26. The molecule has 0 fully saturated rings. The second-order valence-corrected chi connectivity index (χ2v) is 5.25. The van der Waals surface area contributed by atoms with Crippen molar-refractivity contribution in [1.82, 2.24) is 15.5 Å². The van der Waals surface area contributed by atoms with Crippen molar-refractivity contribution in [1.29, 1.82) is 0 Å². The quantitative estimate of drug-likeness (QED) is 0.599. The van der Waals surface area contributed by atoms with Gasteiger partial charge in [-0.3, -0.25) is 14.4 Å². The normalized spacial score (nSPS) is 10.2. The van der Waals surface area contributed by atoms with E-state index < -0.39 is 11.8 Å². The summed E-state index contributed by atoms with van der Waals surface area (Å²) in [7, 11) is 0. The molecule has 1 aromatic carbocycles. The van der Waals surface area contributed by atoms with Gasteiger partial charge < -0.3 is 15.5 Å². The summed E-state index contributed by atoms with van der Waals surface area (Å²) < 4.78 is 0. The molecule has 3 amide bonds. The molecule has 6 nitrogen and oxygen atoms in total. The number of nitrogens with one attached hydrogen (secondary N) is 2. The highest BCUT2D eigenvalue weighted by molar-refractivity contribution is 6.35. The zero-order valence-corrected chi connectivity index (χ0v) is 13.3. The average molecular weight is 305 g/mol. The smallest absolute Gasteiger partial charge is 0.312 e. The third-order valence-electron chi connectivity index (χ3n) is 3.06. The molecule has 0 aromatic heterocycles. The Balaban J connectivity index is 2.57. The number of hydrogen-bond acceptors (Lipinski definition) is 3. The zero-order valence-electron chi connectivity index (χ0n) is 13.3. The molecule has 0 atom stereocenters. The summed E-state index contributed by atoms with van der Waals surface area (Å²) in [6.07, 6.45) is 0. The molecule has 0 saturated heterocycles. The first-order valence-corrected chi connectivity index (χ1v) is 7.29. The van der Waals surface area contributed by atoms with Gasteiger partial charge in [0.25, 0.3) is 0 Å². The van der Waals surface area contributed by atoms with Gasteiger partial charge in [-0.05, 0) is 19.4 Å². The zero-order chi connectivity index (χ0) is 16.5. The summed E-state index contributed by atoms with van der Waals surface area (Å²) in [5.41, 5.74) is 0.968. The van der Waals surface area contributed by atoms with Gasteiger partial charge in [0.05, 0.1) is 0 Å². The van der Waals surface area contributed by atoms with Crippen LogP contribution < -0.4 is 10.6 Å². The molecular formula is C16H23N3O3. The predicted molar refractivity (Wildman–Crippen MR) is 83.8 cm³/mol. The largest absolute Gasteiger partial charge is 0.355 e. The van der Waals surface area contributed by atoms with Gasteiger partial charge in [0.15, 0.2) is 0 Å². The topological polar surface area (TPSA) is 78.5 Å². The van der Waals surface area contributed by atoms with E-state index >= 15 is 0 Å². The van der Waals surface area contributed by atoms with Gasteiger partial charge >= 0.3 is 11.8 Å². The summed E-state index contributed by atoms with van der Waals surface area (Å²) >= 11 is 0. The van der Waals surface area contributed by atoms with E-state index in [1.807, 2.05) is 44.2 Å². The molecule has 22 heavy (non-hydrogen) atoms. The number of rotatable bonds is 6. The Hall–Kier alpha value is -2.37. The SMILES string of the molecule is CC(=O)NCCNC(=O)C(=O)N(Cc1ccccc1)C(C)C. The maximum Gasteiger partial charge on any atom is 0.312 e. The van der Waals surface area contributed by atoms with E-state index in [1.54, 1.807) is 0 Å². The summed E-state index contributed by atoms with van der Waals surface area (Å²) in [4.78, 5) is 36.4. The number of hydrogen-bond donors (Lipinski definition) is 2. The lowest BCUT2D eigenvalue weighted by atomic mass is 10.2. The number of nitrogens with zero attached hydrogens (tertiary/aromatic N) is 1. The molecule has 0 aliphatic carbocycles. The van der Waals surface area contributed by atoms with Gasteiger partial charge in [0.2, 0.25) is 5.91 Å². The molecule has 0 saturated carbocycles. The molecular weight excluding hydrogens is 282 g/mol. The molecule has 0 aliphatic rings. The maximum absolute atomic E-state index is 12.2. The number of carbonyl (C=O) groups is 3. The number of carbonyl (C=O) groups excluding carboxylic acids is 3. The molecule has 0 spiro atoms. The van der Waals surface area contributed by atoms with Crippen LogP contribution in [-0.4, -0.2) is 41.8 Å². The number of amides is 3. The fourth-order valence-electron chi connectivity index (χ4n) is 1.89. The highest BCUT2D eigenvalue weighted by atomic mass is 16.2. The van der Waals surface area contributed by atoms with Crippen LogP contribution in [-0.2, 0) is 20.9 Å². The first kappa shape index (κ1) is 17.7. The standard InChI is InChI=1S/C16H23N3O3/c1-12(2)19(11-14-7-5-4-6-8-14)16(22)15(21)18-10-9-17-13(3)20/h4-8,12H,9-11H2,1-3H3,(H,17,20)(H,18,21). The van der Waals surface area contributed by atoms with Crippen LogP contribution in [0.3, 0.4) is 0 Å². The fraction of sp³-hybridized carbons (Fsp3) is 0.438. The molecule has 2 N–H and O–H groups in total. The average Bonchev–Trinajstić information content (AvgIpc) is 2.48. The second kappa shape index (κ2) is 8.81. The fourth-order valence-corrected chi connectivity index (χ4v) is 1.89. The van der Waals surface area contributed by atoms with Crippen molar-refractivity contribution < 1.29 is 14.4 Å². The van der Waals surface area contributed by atoms with Crippen LogP contribution in [0.1, 0.15) is 26.3 Å². The maximum atomic E-state index is 12.2. The van der Waals surface area contributed by atoms with Crippen LogP contribution in [0.15, 0.2) is 30.3 Å². The summed E-state index contributed by atoms with van der Waals surface area (Å²) in [6, 6.07) is 9.43. The monoisotopic (exact) mass is 305 g/mol. The van der Waals surface area contributed by atoms with Crippen molar-refractivity contribution in [2.75, 3.05) is 13.1 Å². The third-order valence-corrected chi connectivity index (χ3v) is 3.06. The van der Waals surface area contributed by atoms with Crippen molar-refractivity contribution in [3.8, 4) is 0 Å². The number of benzene rings is 1. The van der Waals surface area contributed by atoms with Crippen molar-refractivity contribution in [2.24, 2.45) is 0 Å². The molecule has 0 heterocycles. The minimum absolute atomic E-state index is 0.0891. The molecule has 0 unspecified atom stereocenters. The highest BCUT2D eigenvalue weighted by Crippen LogP contribution is 2.08. The van der Waals surface area contributed by atoms with Crippen LogP contribution >= 0.6 is 0 Å². The van der Waals surface area contributed by atoms with Gasteiger partial charge in [-0.25, -0.2) is 0 Å². The Labute approximate surface area is 130 Å². The summed E-state index contributed by atoms with van der Waals surface area (Å²) in [5.74, 6) is -1.40. The molecule has 1 rings (SSSR count). The Morgan fingerprint density at radius 1 is 1.05 bits per heavy atom. The lowest BCUT2D eigenvalue weighted by Crippen LogP contribution is -2.47. The van der Waals surface area contributed by atoms with Gasteiger partial charge in [-0.1, -0.05) is 30.3 Å². The predicted octanol–water partition coefficient (Wildman–Crippen LogP) is 0.676. The van der Waals surface area contributed by atoms with Crippen LogP contribution in [0.25, 0.3) is 0 Å². The van der Waals surface area contributed by atoms with Gasteiger partial charge in [-0.2, -0.15) is 0 Å². The van der Waals surface area contributed by atoms with Crippen LogP contribution in [0, 0.1) is 0 Å². The van der Waals surface area contributed by atoms with Crippen LogP contribution in [0.5, 0.6) is 0 Å². The third kappa shape index (κ3) is 5.95. The van der Waals surface area contributed by atoms with Crippen molar-refractivity contribution in [3.63, 3.8) is 0 Å². The first-order chi connectivity index (χ1) is 10.4. The second-order valence-electron chi connectivity index (χ2n) is 5.25. The molecule has 0 radical (unpaired) electrons. The minimum Gasteiger partial charge on any atom is -0.355 e. The Bertz CT molecular complexity index is 515. The molecule has 120 valence electrons. The van der Waals surface area contributed by atoms with E-state index in [9.17, 15) is 14.4 Å². The molecule has 6 heteroatoms. The van der Waals surface area contributed by atoms with E-state index in [0.29, 0.717) is 13.1 Å². The van der Waals surface area contributed by atoms with Crippen LogP contribution in [0.2, 0.25) is 0 Å². The highest BCUT2D eigenvalue weighted by Gasteiger charge is 2.23. The van der Waals surface area contributed by atoms with Gasteiger partial charge in [-0.15, -0.1) is 0 Å². The van der Waals surface area contributed by atoms with Crippen molar-refractivity contribution in [3.05, 3.63) is 35.9 Å². The van der Waals surface area contributed by atoms with Crippen LogP contribution in [0.4, 0.5) is 0 Å². The Morgan fingerprint density at radius 3 is 2.18 bits per heavy atom. The molecule has 0 bridgehead atoms. The van der Waals surface area contributed by atoms with E-state index in [0.717, 1.165) is 5.56 Å². The van der Waals surface area contributed by atoms with E-state index in [2.05, 4.69) is 10.6 Å². The summed E-state index contributed by atoms with van der Waals surface area (Å²) in [6.45, 7) is 6.04. The summed E-state index contributed by atoms with van der Waals surface area (Å²) in [5, 5.41) is 5.07. The van der Waals surface area contributed by atoms with E-state index in [4.69, 9.17) is 0 Å². The molecule has 1 aromatic rings. The minimum atomic E-state index is -0.657. The Kier molecular flexibility index (Phi) is 7.08. The van der Waals surface area contributed by atoms with Gasteiger partial charge in [0, 0.05) is 32.6 Å². The van der Waals surface area contributed by atoms with E-state index in [1.165, 1.54) is 11.8 Å². The van der Waals surface area contributed by atoms with E-state index in [-0.39, 0.29) is 18.5 Å². The lowest BCUT2D eigenvalue weighted by molar-refractivity contribution is -0.147. The molecule has 0 aliphatic heterocycles. The Morgan fingerprint density at radius 2 is 1.64 bits per heavy atom. The van der Waals surface area contributed by atoms with Crippen molar-refractivity contribution in [2.45, 2.75) is 33.4 Å². The van der Waals surface area contributed by atoms with Gasteiger partial charge in [0.1, 0.15) is 0 Å². The van der Waals surface area contributed by atoms with Crippen molar-refractivity contribution >= 4 is 17.7 Å².